The molecule has 16 heavy (non-hydrogen) atoms. The second kappa shape index (κ2) is 5.29. The number of hydrogen-bond donors (Lipinski definition) is 2. The first kappa shape index (κ1) is 12.2. The number of aliphatic carboxylic acids is 1. The minimum Gasteiger partial charge on any atom is -0.480 e. The van der Waals surface area contributed by atoms with Crippen LogP contribution in [-0.4, -0.2) is 32.6 Å². The van der Waals surface area contributed by atoms with Gasteiger partial charge in [0.05, 0.1) is 0 Å². The molecule has 0 spiro atoms. The third kappa shape index (κ3) is 3.38. The molecule has 0 saturated carbocycles. The zero-order valence-electron chi connectivity index (χ0n) is 9.30. The minimum atomic E-state index is -1.02. The lowest BCUT2D eigenvalue weighted by Crippen LogP contribution is -2.40. The predicted octanol–water partition coefficient (Wildman–Crippen LogP) is -0.0580. The molecule has 0 aliphatic rings. The third-order valence-electron chi connectivity index (χ3n) is 2.25. The number of nitrogens with zero attached hydrogens (tertiary/aromatic N) is 2. The number of carboxylic acid groups (broad SMARTS) is 1. The summed E-state index contributed by atoms with van der Waals surface area (Å²) in [5.41, 5.74) is 0. The summed E-state index contributed by atoms with van der Waals surface area (Å²) in [6.45, 7) is 1.30. The van der Waals surface area contributed by atoms with Crippen LogP contribution in [0, 0.1) is 0 Å². The molecule has 1 atom stereocenters. The smallest absolute Gasteiger partial charge is 0.326 e. The monoisotopic (exact) mass is 225 g/mol. The molecule has 0 radical (unpaired) electrons. The summed E-state index contributed by atoms with van der Waals surface area (Å²) >= 11 is 0. The second-order valence-electron chi connectivity index (χ2n) is 3.58. The van der Waals surface area contributed by atoms with Crippen LogP contribution in [0.5, 0.6) is 0 Å². The quantitative estimate of drug-likeness (QED) is 0.735. The predicted molar refractivity (Wildman–Crippen MR) is 56.8 cm³/mol. The van der Waals surface area contributed by atoms with E-state index in [1.54, 1.807) is 12.4 Å². The van der Waals surface area contributed by atoms with E-state index in [0.29, 0.717) is 12.8 Å². The minimum absolute atomic E-state index is 0.333. The van der Waals surface area contributed by atoms with Gasteiger partial charge >= 0.3 is 5.97 Å². The number of aryl methyl sites for hydroxylation is 2. The summed E-state index contributed by atoms with van der Waals surface area (Å²) in [6.07, 6.45) is 4.30. The molecule has 6 nitrogen and oxygen atoms in total. The van der Waals surface area contributed by atoms with Gasteiger partial charge in [-0.15, -0.1) is 0 Å². The van der Waals surface area contributed by atoms with Gasteiger partial charge in [0, 0.05) is 32.8 Å². The van der Waals surface area contributed by atoms with Gasteiger partial charge in [-0.05, 0) is 6.42 Å². The maximum atomic E-state index is 10.8. The summed E-state index contributed by atoms with van der Waals surface area (Å²) in [6, 6.07) is -0.853. The van der Waals surface area contributed by atoms with Gasteiger partial charge in [0.1, 0.15) is 11.9 Å². The van der Waals surface area contributed by atoms with Crippen molar-refractivity contribution in [1.82, 2.24) is 14.9 Å². The number of carboxylic acids is 1. The Morgan fingerprint density at radius 3 is 2.75 bits per heavy atom. The summed E-state index contributed by atoms with van der Waals surface area (Å²) < 4.78 is 1.83. The lowest BCUT2D eigenvalue weighted by atomic mass is 10.1. The van der Waals surface area contributed by atoms with Crippen molar-refractivity contribution in [1.29, 1.82) is 0 Å². The van der Waals surface area contributed by atoms with E-state index in [9.17, 15) is 9.59 Å². The van der Waals surface area contributed by atoms with Gasteiger partial charge in [-0.3, -0.25) is 4.79 Å². The molecule has 1 amide bonds. The maximum absolute atomic E-state index is 10.8. The average molecular weight is 225 g/mol. The van der Waals surface area contributed by atoms with Crippen LogP contribution in [0.3, 0.4) is 0 Å². The van der Waals surface area contributed by atoms with Crippen molar-refractivity contribution in [3.8, 4) is 0 Å². The highest BCUT2D eigenvalue weighted by Crippen LogP contribution is 2.02. The van der Waals surface area contributed by atoms with Gasteiger partial charge in [0.15, 0.2) is 0 Å². The van der Waals surface area contributed by atoms with Gasteiger partial charge in [-0.25, -0.2) is 9.78 Å². The van der Waals surface area contributed by atoms with Crippen molar-refractivity contribution < 1.29 is 14.7 Å². The Kier molecular flexibility index (Phi) is 4.04. The first-order valence-corrected chi connectivity index (χ1v) is 4.97. The van der Waals surface area contributed by atoms with Crippen molar-refractivity contribution in [2.45, 2.75) is 25.8 Å². The summed E-state index contributed by atoms with van der Waals surface area (Å²) in [4.78, 5) is 25.7. The van der Waals surface area contributed by atoms with E-state index < -0.39 is 12.0 Å². The number of rotatable bonds is 5. The second-order valence-corrected chi connectivity index (χ2v) is 3.58. The number of carbonyl (C=O) groups is 2. The van der Waals surface area contributed by atoms with E-state index in [4.69, 9.17) is 5.11 Å². The van der Waals surface area contributed by atoms with Crippen LogP contribution in [0.1, 0.15) is 19.2 Å². The molecule has 1 aromatic heterocycles. The molecule has 2 N–H and O–H groups in total. The molecule has 0 fully saturated rings. The molecule has 0 aliphatic heterocycles. The van der Waals surface area contributed by atoms with Gasteiger partial charge in [0.2, 0.25) is 5.91 Å². The third-order valence-corrected chi connectivity index (χ3v) is 2.25. The Morgan fingerprint density at radius 2 is 2.31 bits per heavy atom. The SMILES string of the molecule is CC(=O)NC(CCc1nccn1C)C(=O)O. The molecular formula is C10H15N3O3. The molecule has 0 bridgehead atoms. The Balaban J connectivity index is 2.53. The zero-order valence-corrected chi connectivity index (χ0v) is 9.30. The Hall–Kier alpha value is -1.85. The highest BCUT2D eigenvalue weighted by atomic mass is 16.4. The van der Waals surface area contributed by atoms with Crippen LogP contribution in [0.2, 0.25) is 0 Å². The van der Waals surface area contributed by atoms with Crippen molar-refractivity contribution in [2.24, 2.45) is 7.05 Å². The van der Waals surface area contributed by atoms with Crippen molar-refractivity contribution in [3.05, 3.63) is 18.2 Å². The fourth-order valence-corrected chi connectivity index (χ4v) is 1.41. The van der Waals surface area contributed by atoms with E-state index in [0.717, 1.165) is 5.82 Å². The first-order valence-electron chi connectivity index (χ1n) is 4.97. The molecule has 1 rings (SSSR count). The molecule has 1 heterocycles. The number of amides is 1. The van der Waals surface area contributed by atoms with Gasteiger partial charge in [-0.1, -0.05) is 0 Å². The van der Waals surface area contributed by atoms with Crippen LogP contribution < -0.4 is 5.32 Å². The molecule has 1 aromatic rings. The zero-order chi connectivity index (χ0) is 12.1. The van der Waals surface area contributed by atoms with E-state index in [1.807, 2.05) is 11.6 Å². The standard InChI is InChI=1S/C10H15N3O3/c1-7(14)12-8(10(15)16)3-4-9-11-5-6-13(9)2/h5-6,8H,3-4H2,1-2H3,(H,12,14)(H,15,16). The lowest BCUT2D eigenvalue weighted by Gasteiger charge is -2.12. The highest BCUT2D eigenvalue weighted by molar-refractivity contribution is 5.81. The number of hydrogen-bond acceptors (Lipinski definition) is 3. The van der Waals surface area contributed by atoms with Crippen LogP contribution in [0.4, 0.5) is 0 Å². The van der Waals surface area contributed by atoms with Crippen LogP contribution in [0.15, 0.2) is 12.4 Å². The molecule has 0 saturated heterocycles. The van der Waals surface area contributed by atoms with E-state index in [-0.39, 0.29) is 5.91 Å². The lowest BCUT2D eigenvalue weighted by molar-refractivity contribution is -0.141. The van der Waals surface area contributed by atoms with Crippen molar-refractivity contribution >= 4 is 11.9 Å². The normalized spacial score (nSPS) is 12.1. The molecule has 88 valence electrons. The Bertz CT molecular complexity index is 386. The fourth-order valence-electron chi connectivity index (χ4n) is 1.41. The molecule has 1 unspecified atom stereocenters. The molecule has 6 heteroatoms. The highest BCUT2D eigenvalue weighted by Gasteiger charge is 2.18. The largest absolute Gasteiger partial charge is 0.480 e. The van der Waals surface area contributed by atoms with Crippen LogP contribution >= 0.6 is 0 Å². The molecule has 0 aromatic carbocycles. The number of carbonyl (C=O) groups excluding carboxylic acids is 1. The summed E-state index contributed by atoms with van der Waals surface area (Å²) in [5, 5.41) is 11.3. The Labute approximate surface area is 93.3 Å². The van der Waals surface area contributed by atoms with Crippen LogP contribution in [-0.2, 0) is 23.1 Å². The van der Waals surface area contributed by atoms with Gasteiger partial charge in [0.25, 0.3) is 0 Å². The van der Waals surface area contributed by atoms with Crippen molar-refractivity contribution in [3.63, 3.8) is 0 Å². The molecule has 0 aliphatic carbocycles. The van der Waals surface area contributed by atoms with Gasteiger partial charge < -0.3 is 15.0 Å². The van der Waals surface area contributed by atoms with E-state index in [2.05, 4.69) is 10.3 Å². The number of nitrogens with one attached hydrogen (secondary N) is 1. The fraction of sp³-hybridized carbons (Fsp3) is 0.500. The average Bonchev–Trinajstić information content (AvgIpc) is 2.57. The van der Waals surface area contributed by atoms with Crippen LogP contribution in [0.25, 0.3) is 0 Å². The van der Waals surface area contributed by atoms with E-state index >= 15 is 0 Å². The molecular weight excluding hydrogens is 210 g/mol. The van der Waals surface area contributed by atoms with Gasteiger partial charge in [-0.2, -0.15) is 0 Å². The van der Waals surface area contributed by atoms with Crippen molar-refractivity contribution in [2.75, 3.05) is 0 Å². The number of aromatic nitrogens is 2. The maximum Gasteiger partial charge on any atom is 0.326 e. The summed E-state index contributed by atoms with van der Waals surface area (Å²) in [7, 11) is 1.84. The first-order chi connectivity index (χ1) is 7.50. The Morgan fingerprint density at radius 1 is 1.62 bits per heavy atom. The number of imidazole rings is 1. The van der Waals surface area contributed by atoms with E-state index in [1.165, 1.54) is 6.92 Å². The topological polar surface area (TPSA) is 84.2 Å². The summed E-state index contributed by atoms with van der Waals surface area (Å²) in [5.74, 6) is -0.562.